The monoisotopic (exact) mass is 304 g/mol. The Morgan fingerprint density at radius 1 is 1.43 bits per heavy atom. The molecule has 5 heteroatoms. The van der Waals surface area contributed by atoms with Crippen LogP contribution < -0.4 is 5.32 Å². The molecule has 0 aromatic heterocycles. The molecule has 2 fully saturated rings. The molecule has 0 spiro atoms. The van der Waals surface area contributed by atoms with Gasteiger partial charge in [-0.25, -0.2) is 4.79 Å². The summed E-state index contributed by atoms with van der Waals surface area (Å²) >= 11 is 2.06. The quantitative estimate of drug-likeness (QED) is 0.800. The van der Waals surface area contributed by atoms with Crippen LogP contribution in [0.2, 0.25) is 0 Å². The highest BCUT2D eigenvalue weighted by Gasteiger charge is 2.33. The molecule has 4 nitrogen and oxygen atoms in total. The molecular weight excluding hydrogens is 284 g/mol. The van der Waals surface area contributed by atoms with E-state index in [1.807, 2.05) is 6.07 Å². The molecule has 0 unspecified atom stereocenters. The van der Waals surface area contributed by atoms with Crippen LogP contribution in [0.3, 0.4) is 0 Å². The summed E-state index contributed by atoms with van der Waals surface area (Å²) in [5.74, 6) is 1.02. The van der Waals surface area contributed by atoms with Gasteiger partial charge < -0.3 is 10.1 Å². The third-order valence-electron chi connectivity index (χ3n) is 4.92. The Kier molecular flexibility index (Phi) is 3.44. The fourth-order valence-corrected chi connectivity index (χ4v) is 5.12. The lowest BCUT2D eigenvalue weighted by Crippen LogP contribution is -2.55. The van der Waals surface area contributed by atoms with E-state index in [1.165, 1.54) is 16.9 Å². The van der Waals surface area contributed by atoms with Gasteiger partial charge in [-0.2, -0.15) is 11.8 Å². The highest BCUT2D eigenvalue weighted by molar-refractivity contribution is 7.99. The molecule has 0 amide bonds. The number of piperazine rings is 1. The third-order valence-corrected chi connectivity index (χ3v) is 6.30. The molecular formula is C16H20N2O2S. The minimum Gasteiger partial charge on any atom is -0.457 e. The van der Waals surface area contributed by atoms with Gasteiger partial charge in [0.1, 0.15) is 6.61 Å². The van der Waals surface area contributed by atoms with Crippen molar-refractivity contribution >= 4 is 17.7 Å². The van der Waals surface area contributed by atoms with Gasteiger partial charge in [0, 0.05) is 48.8 Å². The molecule has 112 valence electrons. The average molecular weight is 304 g/mol. The molecule has 2 saturated heterocycles. The predicted molar refractivity (Wildman–Crippen MR) is 83.7 cm³/mol. The number of thioether (sulfide) groups is 1. The van der Waals surface area contributed by atoms with Crippen molar-refractivity contribution in [1.82, 2.24) is 10.2 Å². The molecule has 3 aliphatic rings. The molecule has 4 rings (SSSR count). The Balaban J connectivity index is 1.61. The number of nitrogens with one attached hydrogen (secondary N) is 1. The van der Waals surface area contributed by atoms with Crippen LogP contribution >= 0.6 is 11.8 Å². The second-order valence-corrected chi connectivity index (χ2v) is 7.29. The first kappa shape index (κ1) is 13.6. The van der Waals surface area contributed by atoms with E-state index in [0.717, 1.165) is 37.3 Å². The molecule has 1 aromatic rings. The second kappa shape index (κ2) is 5.30. The number of fused-ring (bicyclic) bond motifs is 2. The van der Waals surface area contributed by atoms with Crippen molar-refractivity contribution in [2.75, 3.05) is 31.9 Å². The van der Waals surface area contributed by atoms with Crippen LogP contribution in [-0.4, -0.2) is 48.8 Å². The lowest BCUT2D eigenvalue weighted by molar-refractivity contribution is 0.0535. The number of esters is 1. The van der Waals surface area contributed by atoms with Crippen LogP contribution in [0.15, 0.2) is 12.1 Å². The lowest BCUT2D eigenvalue weighted by Gasteiger charge is -2.42. The summed E-state index contributed by atoms with van der Waals surface area (Å²) in [7, 11) is 0. The Bertz CT molecular complexity index is 590. The molecule has 1 aromatic carbocycles. The van der Waals surface area contributed by atoms with Crippen LogP contribution in [-0.2, 0) is 11.3 Å². The molecule has 2 atom stereocenters. The van der Waals surface area contributed by atoms with Gasteiger partial charge in [0.15, 0.2) is 0 Å². The fourth-order valence-electron chi connectivity index (χ4n) is 3.61. The summed E-state index contributed by atoms with van der Waals surface area (Å²) < 4.78 is 5.17. The smallest absolute Gasteiger partial charge is 0.338 e. The van der Waals surface area contributed by atoms with Gasteiger partial charge in [0.25, 0.3) is 0 Å². The first-order valence-corrected chi connectivity index (χ1v) is 8.65. The summed E-state index contributed by atoms with van der Waals surface area (Å²) in [6.07, 6.45) is 0. The van der Waals surface area contributed by atoms with E-state index in [0.29, 0.717) is 17.9 Å². The molecule has 3 aliphatic heterocycles. The first-order valence-electron chi connectivity index (χ1n) is 7.60. The maximum absolute atomic E-state index is 11.7. The minimum atomic E-state index is -0.168. The summed E-state index contributed by atoms with van der Waals surface area (Å²) in [4.78, 5) is 14.3. The van der Waals surface area contributed by atoms with Gasteiger partial charge in [-0.05, 0) is 24.1 Å². The van der Waals surface area contributed by atoms with Gasteiger partial charge >= 0.3 is 5.97 Å². The Labute approximate surface area is 129 Å². The van der Waals surface area contributed by atoms with E-state index >= 15 is 0 Å². The normalized spacial score (nSPS) is 28.9. The van der Waals surface area contributed by atoms with Crippen LogP contribution in [0.1, 0.15) is 32.3 Å². The number of ether oxygens (including phenoxy) is 1. The molecule has 1 N–H and O–H groups in total. The summed E-state index contributed by atoms with van der Waals surface area (Å²) in [6, 6.07) is 4.78. The summed E-state index contributed by atoms with van der Waals surface area (Å²) in [6.45, 7) is 7.06. The maximum atomic E-state index is 11.7. The minimum absolute atomic E-state index is 0.168. The summed E-state index contributed by atoms with van der Waals surface area (Å²) in [5, 5.41) is 3.99. The lowest BCUT2D eigenvalue weighted by atomic mass is 9.96. The Hall–Kier alpha value is -1.04. The Morgan fingerprint density at radius 3 is 3.24 bits per heavy atom. The molecule has 21 heavy (non-hydrogen) atoms. The van der Waals surface area contributed by atoms with Crippen LogP contribution in [0.4, 0.5) is 0 Å². The van der Waals surface area contributed by atoms with Crippen molar-refractivity contribution in [3.63, 3.8) is 0 Å². The zero-order chi connectivity index (χ0) is 14.4. The zero-order valence-corrected chi connectivity index (χ0v) is 13.0. The van der Waals surface area contributed by atoms with Gasteiger partial charge in [-0.3, -0.25) is 4.90 Å². The molecule has 0 saturated carbocycles. The number of carbonyl (C=O) groups is 1. The van der Waals surface area contributed by atoms with Gasteiger partial charge in [-0.1, -0.05) is 6.07 Å². The highest BCUT2D eigenvalue weighted by Crippen LogP contribution is 2.39. The van der Waals surface area contributed by atoms with Crippen molar-refractivity contribution in [3.8, 4) is 0 Å². The Morgan fingerprint density at radius 2 is 2.33 bits per heavy atom. The molecule has 3 heterocycles. The fraction of sp³-hybridized carbons (Fsp3) is 0.562. The number of hydrogen-bond donors (Lipinski definition) is 1. The van der Waals surface area contributed by atoms with Gasteiger partial charge in [-0.15, -0.1) is 0 Å². The highest BCUT2D eigenvalue weighted by atomic mass is 32.2. The van der Waals surface area contributed by atoms with Crippen molar-refractivity contribution in [2.45, 2.75) is 24.8 Å². The average Bonchev–Trinajstić information content (AvgIpc) is 2.90. The van der Waals surface area contributed by atoms with Crippen molar-refractivity contribution in [2.24, 2.45) is 0 Å². The largest absolute Gasteiger partial charge is 0.457 e. The van der Waals surface area contributed by atoms with Crippen LogP contribution in [0.5, 0.6) is 0 Å². The first-order chi connectivity index (χ1) is 10.2. The van der Waals surface area contributed by atoms with Crippen molar-refractivity contribution in [1.29, 1.82) is 0 Å². The van der Waals surface area contributed by atoms with E-state index in [2.05, 4.69) is 35.0 Å². The van der Waals surface area contributed by atoms with Gasteiger partial charge in [0.2, 0.25) is 0 Å². The number of nitrogens with zero attached hydrogens (tertiary/aromatic N) is 1. The predicted octanol–water partition coefficient (Wildman–Crippen LogP) is 1.73. The molecule has 0 radical (unpaired) electrons. The van der Waals surface area contributed by atoms with Gasteiger partial charge in [0.05, 0.1) is 5.56 Å². The summed E-state index contributed by atoms with van der Waals surface area (Å²) in [5.41, 5.74) is 4.50. The topological polar surface area (TPSA) is 41.6 Å². The van der Waals surface area contributed by atoms with E-state index in [9.17, 15) is 4.79 Å². The zero-order valence-electron chi connectivity index (χ0n) is 12.2. The SMILES string of the molecule is Cc1c([C@@H]2CN3CCNC[C@H]3CS2)ccc2c1COC2=O. The molecule has 0 aliphatic carbocycles. The van der Waals surface area contributed by atoms with E-state index < -0.39 is 0 Å². The van der Waals surface area contributed by atoms with Crippen LogP contribution in [0.25, 0.3) is 0 Å². The maximum Gasteiger partial charge on any atom is 0.338 e. The standard InChI is InChI=1S/C16H20N2O2S/c1-10-12(2-3-13-14(10)8-20-16(13)19)15-7-18-5-4-17-6-11(18)9-21-15/h2-3,11,15,17H,4-9H2,1H3/t11-,15-/m0/s1. The van der Waals surface area contributed by atoms with Crippen molar-refractivity contribution < 1.29 is 9.53 Å². The third kappa shape index (κ3) is 2.28. The number of benzene rings is 1. The van der Waals surface area contributed by atoms with E-state index in [1.54, 1.807) is 0 Å². The van der Waals surface area contributed by atoms with E-state index in [-0.39, 0.29) is 5.97 Å². The van der Waals surface area contributed by atoms with Crippen molar-refractivity contribution in [3.05, 3.63) is 34.4 Å². The number of rotatable bonds is 1. The second-order valence-electron chi connectivity index (χ2n) is 6.06. The van der Waals surface area contributed by atoms with Crippen LogP contribution in [0, 0.1) is 6.92 Å². The number of cyclic esters (lactones) is 1. The number of carbonyl (C=O) groups excluding carboxylic acids is 1. The van der Waals surface area contributed by atoms with E-state index in [4.69, 9.17) is 4.74 Å². The molecule has 0 bridgehead atoms. The number of hydrogen-bond acceptors (Lipinski definition) is 5.